The molecule has 1 amide bonds. The number of benzene rings is 2. The van der Waals surface area contributed by atoms with Crippen LogP contribution in [-0.2, 0) is 6.54 Å². The molecule has 5 N–H and O–H groups in total. The lowest BCUT2D eigenvalue weighted by atomic mass is 10.1. The molecule has 33 heavy (non-hydrogen) atoms. The van der Waals surface area contributed by atoms with Crippen molar-refractivity contribution in [1.82, 2.24) is 10.4 Å². The number of nitrogens with one attached hydrogen (secondary N) is 1. The minimum Gasteiger partial charge on any atom is -0.382 e. The highest BCUT2D eigenvalue weighted by Gasteiger charge is 2.09. The second-order valence-corrected chi connectivity index (χ2v) is 7.58. The molecule has 0 saturated carbocycles. The summed E-state index contributed by atoms with van der Waals surface area (Å²) in [5, 5.41) is 8.23. The van der Waals surface area contributed by atoms with E-state index < -0.39 is 0 Å². The van der Waals surface area contributed by atoms with Crippen molar-refractivity contribution in [2.24, 2.45) is 16.7 Å². The fourth-order valence-electron chi connectivity index (χ4n) is 3.01. The van der Waals surface area contributed by atoms with Crippen molar-refractivity contribution in [2.45, 2.75) is 33.2 Å². The van der Waals surface area contributed by atoms with E-state index in [4.69, 9.17) is 11.6 Å². The summed E-state index contributed by atoms with van der Waals surface area (Å²) in [7, 11) is 0. The summed E-state index contributed by atoms with van der Waals surface area (Å²) in [6.07, 6.45) is 7.66. The summed E-state index contributed by atoms with van der Waals surface area (Å²) >= 11 is 0. The largest absolute Gasteiger partial charge is 0.382 e. The molecule has 0 saturated heterocycles. The normalized spacial score (nSPS) is 12.4. The number of nitrogens with zero attached hydrogens (tertiary/aromatic N) is 2. The highest BCUT2D eigenvalue weighted by atomic mass is 19.1. The Kier molecular flexibility index (Phi) is 10.0. The number of rotatable bonds is 11. The zero-order valence-electron chi connectivity index (χ0n) is 19.2. The summed E-state index contributed by atoms with van der Waals surface area (Å²) < 4.78 is 13.3. The zero-order chi connectivity index (χ0) is 24.2. The summed E-state index contributed by atoms with van der Waals surface area (Å²) in [6.45, 7) is 8.45. The molecule has 0 fully saturated rings. The molecule has 6 nitrogen and oxygen atoms in total. The Morgan fingerprint density at radius 1 is 1.18 bits per heavy atom. The molecule has 0 atom stereocenters. The topological polar surface area (TPSA) is 96.7 Å². The number of hydrazone groups is 1. The average Bonchev–Trinajstić information content (AvgIpc) is 2.80. The van der Waals surface area contributed by atoms with Gasteiger partial charge in [0, 0.05) is 17.7 Å². The van der Waals surface area contributed by atoms with Crippen molar-refractivity contribution in [1.29, 1.82) is 0 Å². The Morgan fingerprint density at radius 2 is 1.91 bits per heavy atom. The molecule has 2 rings (SSSR count). The molecule has 0 aliphatic heterocycles. The van der Waals surface area contributed by atoms with E-state index in [2.05, 4.69) is 36.1 Å². The number of hydrogen-bond acceptors (Lipinski definition) is 4. The van der Waals surface area contributed by atoms with Gasteiger partial charge in [-0.2, -0.15) is 0 Å². The Bertz CT molecular complexity index is 1060. The van der Waals surface area contributed by atoms with Gasteiger partial charge in [0.25, 0.3) is 5.91 Å². The van der Waals surface area contributed by atoms with Crippen LogP contribution in [0.2, 0.25) is 0 Å². The number of hydrogen-bond donors (Lipinski definition) is 3. The first-order valence-corrected chi connectivity index (χ1v) is 10.8. The molecule has 7 heteroatoms. The Labute approximate surface area is 195 Å². The van der Waals surface area contributed by atoms with Crippen LogP contribution in [0.5, 0.6) is 0 Å². The van der Waals surface area contributed by atoms with Crippen LogP contribution in [0.25, 0.3) is 0 Å². The molecule has 0 aliphatic rings. The molecule has 0 unspecified atom stereocenters. The predicted molar refractivity (Wildman–Crippen MR) is 133 cm³/mol. The van der Waals surface area contributed by atoms with Gasteiger partial charge in [-0.15, -0.1) is 5.10 Å². The maximum atomic E-state index is 13.3. The molecule has 0 aliphatic carbocycles. The van der Waals surface area contributed by atoms with Gasteiger partial charge < -0.3 is 11.1 Å². The summed E-state index contributed by atoms with van der Waals surface area (Å²) in [4.78, 5) is 12.6. The first kappa shape index (κ1) is 25.5. The number of allylic oxidation sites excluding steroid dienone is 4. The van der Waals surface area contributed by atoms with Crippen LogP contribution in [0.15, 0.2) is 89.6 Å². The van der Waals surface area contributed by atoms with Gasteiger partial charge in [0.15, 0.2) is 5.84 Å². The van der Waals surface area contributed by atoms with Gasteiger partial charge >= 0.3 is 0 Å². The standard InChI is InChI=1S/C26H32FN5O/c1-4-19(3)9-6-10-20(5-2)17-30-26(33)23-13-8-12-22(16-23)25(28)31-32(29)18-21-11-7-14-24(27)15-21/h4,7-16H,1,5-6,17-18,29H2,2-3H3,(H2,28,31)(H,30,33)/b19-9-,20-10+. The van der Waals surface area contributed by atoms with Gasteiger partial charge in [-0.1, -0.05) is 67.1 Å². The van der Waals surface area contributed by atoms with Crippen molar-refractivity contribution in [3.8, 4) is 0 Å². The minimum absolute atomic E-state index is 0.155. The summed E-state index contributed by atoms with van der Waals surface area (Å²) in [6, 6.07) is 12.9. The average molecular weight is 450 g/mol. The van der Waals surface area contributed by atoms with Crippen LogP contribution in [-0.4, -0.2) is 23.4 Å². The number of amidine groups is 1. The molecular formula is C26H32FN5O. The molecule has 0 radical (unpaired) electrons. The van der Waals surface area contributed by atoms with E-state index in [0.717, 1.165) is 29.1 Å². The minimum atomic E-state index is -0.346. The number of carbonyl (C=O) groups is 1. The third-order valence-corrected chi connectivity index (χ3v) is 4.99. The smallest absolute Gasteiger partial charge is 0.251 e. The van der Waals surface area contributed by atoms with Crippen molar-refractivity contribution < 1.29 is 9.18 Å². The van der Waals surface area contributed by atoms with E-state index in [1.165, 1.54) is 12.1 Å². The van der Waals surface area contributed by atoms with E-state index in [1.54, 1.807) is 36.4 Å². The molecule has 0 heterocycles. The van der Waals surface area contributed by atoms with Crippen molar-refractivity contribution in [2.75, 3.05) is 6.54 Å². The Morgan fingerprint density at radius 3 is 2.61 bits per heavy atom. The summed E-state index contributed by atoms with van der Waals surface area (Å²) in [5.74, 6) is 5.51. The molecule has 0 bridgehead atoms. The zero-order valence-corrected chi connectivity index (χ0v) is 19.2. The highest BCUT2D eigenvalue weighted by molar-refractivity contribution is 6.01. The van der Waals surface area contributed by atoms with Crippen LogP contribution >= 0.6 is 0 Å². The molecule has 0 spiro atoms. The maximum absolute atomic E-state index is 13.3. The number of amides is 1. The van der Waals surface area contributed by atoms with E-state index in [0.29, 0.717) is 23.2 Å². The first-order valence-electron chi connectivity index (χ1n) is 10.8. The lowest BCUT2D eigenvalue weighted by molar-refractivity contribution is 0.0956. The van der Waals surface area contributed by atoms with Gasteiger partial charge in [0.1, 0.15) is 5.82 Å². The number of nitrogens with two attached hydrogens (primary N) is 2. The van der Waals surface area contributed by atoms with E-state index in [9.17, 15) is 9.18 Å². The van der Waals surface area contributed by atoms with Gasteiger partial charge in [-0.3, -0.25) is 4.79 Å². The Balaban J connectivity index is 2.01. The first-order chi connectivity index (χ1) is 15.8. The molecule has 0 aromatic heterocycles. The number of carbonyl (C=O) groups excluding carboxylic acids is 1. The molecular weight excluding hydrogens is 417 g/mol. The number of hydrazine groups is 1. The molecule has 2 aromatic rings. The van der Waals surface area contributed by atoms with Crippen LogP contribution in [0, 0.1) is 5.82 Å². The maximum Gasteiger partial charge on any atom is 0.251 e. The van der Waals surface area contributed by atoms with Gasteiger partial charge in [0.05, 0.1) is 6.54 Å². The van der Waals surface area contributed by atoms with E-state index in [-0.39, 0.29) is 24.1 Å². The second-order valence-electron chi connectivity index (χ2n) is 7.58. The van der Waals surface area contributed by atoms with Crippen molar-refractivity contribution in [3.63, 3.8) is 0 Å². The fraction of sp³-hybridized carbons (Fsp3) is 0.231. The van der Waals surface area contributed by atoms with Crippen LogP contribution in [0.1, 0.15) is 48.2 Å². The van der Waals surface area contributed by atoms with Gasteiger partial charge in [0.2, 0.25) is 0 Å². The van der Waals surface area contributed by atoms with Crippen molar-refractivity contribution >= 4 is 11.7 Å². The molecule has 174 valence electrons. The van der Waals surface area contributed by atoms with Gasteiger partial charge in [-0.25, -0.2) is 15.4 Å². The quantitative estimate of drug-likeness (QED) is 0.118. The second kappa shape index (κ2) is 13.0. The number of halogens is 1. The predicted octanol–water partition coefficient (Wildman–Crippen LogP) is 4.41. The van der Waals surface area contributed by atoms with Crippen molar-refractivity contribution in [3.05, 3.63) is 107 Å². The van der Waals surface area contributed by atoms with Crippen LogP contribution in [0.3, 0.4) is 0 Å². The lowest BCUT2D eigenvalue weighted by Crippen LogP contribution is -2.29. The van der Waals surface area contributed by atoms with Gasteiger partial charge in [-0.05, 0) is 49.6 Å². The monoisotopic (exact) mass is 449 g/mol. The summed E-state index contributed by atoms with van der Waals surface area (Å²) in [5.41, 5.74) is 10.0. The Hall–Kier alpha value is -3.71. The molecule has 2 aromatic carbocycles. The fourth-order valence-corrected chi connectivity index (χ4v) is 3.01. The highest BCUT2D eigenvalue weighted by Crippen LogP contribution is 2.09. The van der Waals surface area contributed by atoms with E-state index >= 15 is 0 Å². The lowest BCUT2D eigenvalue weighted by Gasteiger charge is -2.14. The third-order valence-electron chi connectivity index (χ3n) is 4.99. The van der Waals surface area contributed by atoms with Crippen LogP contribution < -0.4 is 16.9 Å². The van der Waals surface area contributed by atoms with Crippen LogP contribution in [0.4, 0.5) is 4.39 Å². The third kappa shape index (κ3) is 8.74. The SMILES string of the molecule is C=C/C(C)=C\C/C=C(\CC)CNC(=O)c1cccc(/C(N)=N/N(N)Cc2cccc(F)c2)c1. The van der Waals surface area contributed by atoms with E-state index in [1.807, 2.05) is 13.0 Å².